The molecule has 0 amide bonds. The molecule has 0 spiro atoms. The highest BCUT2D eigenvalue weighted by Gasteiger charge is 2.25. The smallest absolute Gasteiger partial charge is 0.214 e. The Morgan fingerprint density at radius 3 is 3.00 bits per heavy atom. The Balaban J connectivity index is 1.96. The van der Waals surface area contributed by atoms with Crippen LogP contribution in [0.25, 0.3) is 11.0 Å². The molecule has 0 saturated carbocycles. The monoisotopic (exact) mass is 215 g/mol. The van der Waals surface area contributed by atoms with Crippen LogP contribution < -0.4 is 5.32 Å². The zero-order chi connectivity index (χ0) is 11.0. The Morgan fingerprint density at radius 1 is 1.38 bits per heavy atom. The summed E-state index contributed by atoms with van der Waals surface area (Å²) in [5.41, 5.74) is 0.781. The van der Waals surface area contributed by atoms with Crippen molar-refractivity contribution in [1.82, 2.24) is 5.32 Å². The second kappa shape index (κ2) is 3.76. The summed E-state index contributed by atoms with van der Waals surface area (Å²) < 4.78 is 5.55. The maximum Gasteiger partial charge on any atom is 0.214 e. The summed E-state index contributed by atoms with van der Waals surface area (Å²) in [5, 5.41) is 4.18. The van der Waals surface area contributed by atoms with Gasteiger partial charge in [0, 0.05) is 5.39 Å². The first kappa shape index (κ1) is 9.60. The minimum absolute atomic E-state index is 0.0550. The summed E-state index contributed by atoms with van der Waals surface area (Å²) in [6.07, 6.45) is 1.98. The third-order valence-electron chi connectivity index (χ3n) is 3.05. The molecule has 1 atom stereocenters. The van der Waals surface area contributed by atoms with Gasteiger partial charge in [-0.15, -0.1) is 0 Å². The quantitative estimate of drug-likeness (QED) is 0.782. The topological polar surface area (TPSA) is 42.2 Å². The van der Waals surface area contributed by atoms with Crippen LogP contribution in [0.2, 0.25) is 0 Å². The number of nitrogens with one attached hydrogen (secondary N) is 1. The number of hydrogen-bond acceptors (Lipinski definition) is 3. The van der Waals surface area contributed by atoms with Gasteiger partial charge in [-0.2, -0.15) is 0 Å². The zero-order valence-electron chi connectivity index (χ0n) is 8.90. The van der Waals surface area contributed by atoms with Crippen molar-refractivity contribution < 1.29 is 9.21 Å². The van der Waals surface area contributed by atoms with Crippen LogP contribution in [0.4, 0.5) is 0 Å². The maximum absolute atomic E-state index is 12.1. The van der Waals surface area contributed by atoms with E-state index in [4.69, 9.17) is 4.42 Å². The van der Waals surface area contributed by atoms with Crippen LogP contribution in [0.15, 0.2) is 34.7 Å². The fourth-order valence-electron chi connectivity index (χ4n) is 2.18. The molecule has 0 aliphatic carbocycles. The van der Waals surface area contributed by atoms with Crippen LogP contribution in [-0.4, -0.2) is 18.4 Å². The van der Waals surface area contributed by atoms with Crippen molar-refractivity contribution in [1.29, 1.82) is 0 Å². The summed E-state index contributed by atoms with van der Waals surface area (Å²) in [6.45, 7) is 0.927. The van der Waals surface area contributed by atoms with E-state index in [1.165, 1.54) is 0 Å². The van der Waals surface area contributed by atoms with Crippen LogP contribution in [-0.2, 0) is 0 Å². The number of rotatable bonds is 2. The molecule has 16 heavy (non-hydrogen) atoms. The molecule has 1 N–H and O–H groups in total. The van der Waals surface area contributed by atoms with E-state index in [2.05, 4.69) is 5.32 Å². The molecular formula is C13H13NO2. The highest BCUT2D eigenvalue weighted by molar-refractivity contribution is 6.01. The largest absolute Gasteiger partial charge is 0.453 e. The van der Waals surface area contributed by atoms with Crippen LogP contribution in [0.1, 0.15) is 23.4 Å². The van der Waals surface area contributed by atoms with E-state index < -0.39 is 0 Å². The molecule has 1 unspecified atom stereocenters. The number of Topliss-reactive ketones (excluding diaryl/α,β-unsaturated/α-hetero) is 1. The van der Waals surface area contributed by atoms with Gasteiger partial charge in [0.05, 0.1) is 6.04 Å². The fourth-order valence-corrected chi connectivity index (χ4v) is 2.18. The normalized spacial score (nSPS) is 20.4. The van der Waals surface area contributed by atoms with Crippen molar-refractivity contribution in [2.45, 2.75) is 18.9 Å². The number of carbonyl (C=O) groups is 1. The lowest BCUT2D eigenvalue weighted by atomic mass is 10.1. The molecule has 0 radical (unpaired) electrons. The molecule has 3 rings (SSSR count). The molecule has 0 bridgehead atoms. The van der Waals surface area contributed by atoms with Gasteiger partial charge in [-0.05, 0) is 31.5 Å². The van der Waals surface area contributed by atoms with Crippen LogP contribution in [0.5, 0.6) is 0 Å². The van der Waals surface area contributed by atoms with Gasteiger partial charge in [0.25, 0.3) is 0 Å². The third-order valence-corrected chi connectivity index (χ3v) is 3.05. The Hall–Kier alpha value is -1.61. The Morgan fingerprint density at radius 2 is 2.25 bits per heavy atom. The lowest BCUT2D eigenvalue weighted by molar-refractivity contribution is 0.0927. The minimum atomic E-state index is -0.0550. The van der Waals surface area contributed by atoms with Gasteiger partial charge >= 0.3 is 0 Å². The van der Waals surface area contributed by atoms with Crippen LogP contribution >= 0.6 is 0 Å². The van der Waals surface area contributed by atoms with Crippen molar-refractivity contribution in [3.63, 3.8) is 0 Å². The summed E-state index contributed by atoms with van der Waals surface area (Å²) in [5.74, 6) is 0.550. The standard InChI is InChI=1S/C13H13NO2/c15-13(10-5-3-7-14-10)12-8-9-4-1-2-6-11(9)16-12/h1-2,4,6,8,10,14H,3,5,7H2. The minimum Gasteiger partial charge on any atom is -0.453 e. The molecule has 1 aromatic heterocycles. The van der Waals surface area contributed by atoms with Gasteiger partial charge in [0.15, 0.2) is 5.76 Å². The summed E-state index contributed by atoms with van der Waals surface area (Å²) in [4.78, 5) is 12.1. The van der Waals surface area contributed by atoms with Crippen molar-refractivity contribution >= 4 is 16.8 Å². The number of hydrogen-bond donors (Lipinski definition) is 1. The summed E-state index contributed by atoms with van der Waals surface area (Å²) >= 11 is 0. The van der Waals surface area contributed by atoms with E-state index in [0.717, 1.165) is 30.4 Å². The van der Waals surface area contributed by atoms with Gasteiger partial charge in [-0.1, -0.05) is 18.2 Å². The number of para-hydroxylation sites is 1. The van der Waals surface area contributed by atoms with E-state index >= 15 is 0 Å². The molecule has 1 aliphatic rings. The molecule has 1 aromatic carbocycles. The number of carbonyl (C=O) groups excluding carboxylic acids is 1. The predicted molar refractivity (Wildman–Crippen MR) is 61.6 cm³/mol. The Kier molecular flexibility index (Phi) is 2.26. The molecule has 1 saturated heterocycles. The highest BCUT2D eigenvalue weighted by Crippen LogP contribution is 2.21. The summed E-state index contributed by atoms with van der Waals surface area (Å²) in [6, 6.07) is 9.47. The van der Waals surface area contributed by atoms with Gasteiger partial charge in [-0.3, -0.25) is 4.79 Å². The van der Waals surface area contributed by atoms with Crippen LogP contribution in [0, 0.1) is 0 Å². The molecule has 82 valence electrons. The first-order valence-electron chi connectivity index (χ1n) is 5.61. The van der Waals surface area contributed by atoms with Gasteiger partial charge in [0.1, 0.15) is 5.58 Å². The number of ketones is 1. The number of benzene rings is 1. The van der Waals surface area contributed by atoms with Crippen LogP contribution in [0.3, 0.4) is 0 Å². The van der Waals surface area contributed by atoms with E-state index in [1.807, 2.05) is 30.3 Å². The third kappa shape index (κ3) is 1.53. The Labute approximate surface area is 93.4 Å². The maximum atomic E-state index is 12.1. The second-order valence-electron chi connectivity index (χ2n) is 4.16. The van der Waals surface area contributed by atoms with Gasteiger partial charge in [-0.25, -0.2) is 0 Å². The number of fused-ring (bicyclic) bond motifs is 1. The van der Waals surface area contributed by atoms with Gasteiger partial charge in [0.2, 0.25) is 5.78 Å². The van der Waals surface area contributed by atoms with Crippen molar-refractivity contribution in [2.75, 3.05) is 6.54 Å². The molecule has 3 heteroatoms. The molecule has 1 aliphatic heterocycles. The molecule has 1 fully saturated rings. The zero-order valence-corrected chi connectivity index (χ0v) is 8.90. The van der Waals surface area contributed by atoms with E-state index in [1.54, 1.807) is 0 Å². The van der Waals surface area contributed by atoms with Gasteiger partial charge < -0.3 is 9.73 Å². The average Bonchev–Trinajstić information content (AvgIpc) is 2.97. The van der Waals surface area contributed by atoms with Crippen molar-refractivity contribution in [3.05, 3.63) is 36.1 Å². The van der Waals surface area contributed by atoms with Crippen molar-refractivity contribution in [3.8, 4) is 0 Å². The average molecular weight is 215 g/mol. The molecular weight excluding hydrogens is 202 g/mol. The molecule has 3 nitrogen and oxygen atoms in total. The van der Waals surface area contributed by atoms with E-state index in [0.29, 0.717) is 5.76 Å². The van der Waals surface area contributed by atoms with E-state index in [9.17, 15) is 4.79 Å². The number of furan rings is 1. The predicted octanol–water partition coefficient (Wildman–Crippen LogP) is 2.37. The first-order chi connectivity index (χ1) is 7.84. The molecule has 2 aromatic rings. The summed E-state index contributed by atoms with van der Waals surface area (Å²) in [7, 11) is 0. The fraction of sp³-hybridized carbons (Fsp3) is 0.308. The Bertz CT molecular complexity index is 490. The second-order valence-corrected chi connectivity index (χ2v) is 4.16. The van der Waals surface area contributed by atoms with E-state index in [-0.39, 0.29) is 11.8 Å². The molecule has 2 heterocycles. The highest BCUT2D eigenvalue weighted by atomic mass is 16.3. The first-order valence-corrected chi connectivity index (χ1v) is 5.61. The lowest BCUT2D eigenvalue weighted by Gasteiger charge is -2.05. The SMILES string of the molecule is O=C(c1cc2ccccc2o1)C1CCCN1. The lowest BCUT2D eigenvalue weighted by Crippen LogP contribution is -2.30. The van der Waals surface area contributed by atoms with Crippen molar-refractivity contribution in [2.24, 2.45) is 0 Å².